The third kappa shape index (κ3) is 14.0. The van der Waals surface area contributed by atoms with E-state index in [1.807, 2.05) is 42.7 Å². The van der Waals surface area contributed by atoms with Crippen LogP contribution in [0.5, 0.6) is 11.5 Å². The molecule has 4 aromatic carbocycles. The predicted octanol–water partition coefficient (Wildman–Crippen LogP) is 12.3. The maximum Gasteiger partial charge on any atom is 0.194 e. The van der Waals surface area contributed by atoms with E-state index in [9.17, 15) is 36.6 Å². The van der Waals surface area contributed by atoms with Crippen molar-refractivity contribution in [1.29, 1.82) is 0 Å². The standard InChI is InChI=1S/2C28H33F3N2O2S/c1-19-17-32-26-6-5-21(35-2)16-23(26)22(19)4-3-7-28(18-34)8-10-33(11-9-28)12-13-36-27-24(30)14-20(29)15-25(27)31;1-19-17-32-26-6-5-20(35-2)14-23(26)22(19)4-3-7-28(18-34)8-10-33(11-9-28)12-13-36-21-15-24(29)27(31)25(30)16-21/h2*5-6,14-17,34H,3-4,7-13,18H2,1-2H3. The molecule has 0 atom stereocenters. The molecule has 0 saturated carbocycles. The van der Waals surface area contributed by atoms with Gasteiger partial charge in [-0.25, -0.2) is 26.3 Å². The number of halogens is 6. The molecule has 0 amide bonds. The molecular formula is C56H66F6N4O4S2. The zero-order valence-electron chi connectivity index (χ0n) is 41.7. The molecule has 2 aromatic heterocycles. The van der Waals surface area contributed by atoms with E-state index in [1.54, 1.807) is 14.2 Å². The largest absolute Gasteiger partial charge is 0.497 e. The molecule has 0 spiro atoms. The number of piperidine rings is 2. The van der Waals surface area contributed by atoms with E-state index in [-0.39, 0.29) is 28.9 Å². The first kappa shape index (κ1) is 55.2. The van der Waals surface area contributed by atoms with Crippen molar-refractivity contribution >= 4 is 45.3 Å². The summed E-state index contributed by atoms with van der Waals surface area (Å²) in [6.45, 7) is 9.40. The van der Waals surface area contributed by atoms with Gasteiger partial charge in [-0.1, -0.05) is 0 Å². The van der Waals surface area contributed by atoms with Gasteiger partial charge in [0.25, 0.3) is 0 Å². The first-order valence-corrected chi connectivity index (χ1v) is 26.7. The lowest BCUT2D eigenvalue weighted by molar-refractivity contribution is 0.0378. The third-order valence-corrected chi connectivity index (χ3v) is 16.8. The van der Waals surface area contributed by atoms with Gasteiger partial charge in [0.05, 0.1) is 30.1 Å². The van der Waals surface area contributed by atoms with Gasteiger partial charge >= 0.3 is 0 Å². The number of hydrogen-bond donors (Lipinski definition) is 2. The van der Waals surface area contributed by atoms with E-state index in [4.69, 9.17) is 9.47 Å². The van der Waals surface area contributed by atoms with Crippen molar-refractivity contribution in [2.45, 2.75) is 87.8 Å². The number of thioether (sulfide) groups is 2. The Kier molecular flexibility index (Phi) is 19.6. The second kappa shape index (κ2) is 25.6. The van der Waals surface area contributed by atoms with E-state index in [0.717, 1.165) is 160 Å². The third-order valence-electron chi connectivity index (χ3n) is 14.8. The zero-order chi connectivity index (χ0) is 51.4. The van der Waals surface area contributed by atoms with Crippen LogP contribution < -0.4 is 9.47 Å². The average Bonchev–Trinajstić information content (AvgIpc) is 3.38. The maximum absolute atomic E-state index is 13.9. The van der Waals surface area contributed by atoms with Crippen molar-refractivity contribution in [2.24, 2.45) is 10.8 Å². The Morgan fingerprint density at radius 2 is 1.01 bits per heavy atom. The van der Waals surface area contributed by atoms with Crippen LogP contribution in [0.15, 0.2) is 82.8 Å². The highest BCUT2D eigenvalue weighted by atomic mass is 32.2. The summed E-state index contributed by atoms with van der Waals surface area (Å²) in [4.78, 5) is 14.0. The molecular weight excluding hydrogens is 971 g/mol. The molecule has 4 heterocycles. The SMILES string of the molecule is COc1ccc2ncc(C)c(CCCC3(CO)CCN(CCSc4c(F)cc(F)cc4F)CC3)c2c1.COc1ccc2ncc(C)c(CCCC3(CO)CCN(CCSc4cc(F)c(F)c(F)c4)CC3)c2c1. The highest BCUT2D eigenvalue weighted by Crippen LogP contribution is 2.39. The second-order valence-electron chi connectivity index (χ2n) is 19.4. The number of aliphatic hydroxyl groups is 2. The van der Waals surface area contributed by atoms with Gasteiger partial charge in [0.1, 0.15) is 29.0 Å². The molecule has 2 aliphatic rings. The molecule has 2 aliphatic heterocycles. The lowest BCUT2D eigenvalue weighted by Gasteiger charge is -2.41. The summed E-state index contributed by atoms with van der Waals surface area (Å²) < 4.78 is 91.6. The number of aromatic nitrogens is 2. The molecule has 72 heavy (non-hydrogen) atoms. The van der Waals surface area contributed by atoms with Crippen LogP contribution in [0.25, 0.3) is 21.8 Å². The van der Waals surface area contributed by atoms with Crippen molar-refractivity contribution in [3.05, 3.63) is 130 Å². The summed E-state index contributed by atoms with van der Waals surface area (Å²) in [5.41, 5.74) is 6.63. The minimum Gasteiger partial charge on any atom is -0.497 e. The highest BCUT2D eigenvalue weighted by Gasteiger charge is 2.35. The van der Waals surface area contributed by atoms with Crippen molar-refractivity contribution < 1.29 is 46.0 Å². The van der Waals surface area contributed by atoms with Gasteiger partial charge in [-0.05, 0) is 186 Å². The van der Waals surface area contributed by atoms with Gasteiger partial charge in [0.15, 0.2) is 17.5 Å². The Morgan fingerprint density at radius 1 is 0.583 bits per heavy atom. The molecule has 0 unspecified atom stereocenters. The fraction of sp³-hybridized carbons (Fsp3) is 0.464. The quantitative estimate of drug-likeness (QED) is 0.0438. The molecule has 2 N–H and O–H groups in total. The predicted molar refractivity (Wildman–Crippen MR) is 276 cm³/mol. The van der Waals surface area contributed by atoms with Crippen LogP contribution in [0.2, 0.25) is 0 Å². The number of aryl methyl sites for hydroxylation is 4. The van der Waals surface area contributed by atoms with E-state index in [1.165, 1.54) is 28.5 Å². The number of pyridine rings is 2. The summed E-state index contributed by atoms with van der Waals surface area (Å²) >= 11 is 2.40. The molecule has 8 rings (SSSR count). The van der Waals surface area contributed by atoms with E-state index in [0.29, 0.717) is 35.1 Å². The number of nitrogens with zero attached hydrogens (tertiary/aromatic N) is 4. The molecule has 6 aromatic rings. The Labute approximate surface area is 427 Å². The van der Waals surface area contributed by atoms with Crippen LogP contribution in [0.4, 0.5) is 26.3 Å². The molecule has 0 aliphatic carbocycles. The number of likely N-dealkylation sites (tertiary alicyclic amines) is 2. The summed E-state index contributed by atoms with van der Waals surface area (Å²) in [5, 5.41) is 22.8. The number of aliphatic hydroxyl groups excluding tert-OH is 2. The Balaban J connectivity index is 0.000000211. The summed E-state index contributed by atoms with van der Waals surface area (Å²) in [6.07, 6.45) is 13.1. The normalized spacial score (nSPS) is 15.9. The first-order chi connectivity index (χ1) is 34.7. The summed E-state index contributed by atoms with van der Waals surface area (Å²) in [5.74, 6) is -3.54. The number of hydrogen-bond acceptors (Lipinski definition) is 10. The monoisotopic (exact) mass is 1040 g/mol. The molecule has 16 heteroatoms. The molecule has 2 fully saturated rings. The molecule has 2 saturated heterocycles. The maximum atomic E-state index is 13.9. The lowest BCUT2D eigenvalue weighted by atomic mass is 9.75. The summed E-state index contributed by atoms with van der Waals surface area (Å²) in [6, 6.07) is 15.4. The molecule has 0 bridgehead atoms. The van der Waals surface area contributed by atoms with Gasteiger partial charge < -0.3 is 29.5 Å². The van der Waals surface area contributed by atoms with Crippen molar-refractivity contribution in [3.63, 3.8) is 0 Å². The van der Waals surface area contributed by atoms with Crippen LogP contribution in [0, 0.1) is 59.6 Å². The molecule has 0 radical (unpaired) electrons. The van der Waals surface area contributed by atoms with Crippen molar-refractivity contribution in [3.8, 4) is 11.5 Å². The number of methoxy groups -OCH3 is 2. The van der Waals surface area contributed by atoms with Crippen LogP contribution in [-0.4, -0.2) is 108 Å². The fourth-order valence-electron chi connectivity index (χ4n) is 10.2. The van der Waals surface area contributed by atoms with E-state index < -0.39 is 34.9 Å². The van der Waals surface area contributed by atoms with Gasteiger partial charge in [-0.3, -0.25) is 9.97 Å². The van der Waals surface area contributed by atoms with E-state index >= 15 is 0 Å². The Bertz CT molecular complexity index is 2730. The summed E-state index contributed by atoms with van der Waals surface area (Å²) in [7, 11) is 3.34. The number of rotatable bonds is 20. The lowest BCUT2D eigenvalue weighted by Crippen LogP contribution is -2.42. The average molecular weight is 1040 g/mol. The van der Waals surface area contributed by atoms with Crippen molar-refractivity contribution in [2.75, 3.05) is 78.2 Å². The number of ether oxygens (including phenoxy) is 2. The van der Waals surface area contributed by atoms with Gasteiger partial charge in [-0.2, -0.15) is 0 Å². The van der Waals surface area contributed by atoms with Gasteiger partial charge in [0, 0.05) is 78.0 Å². The van der Waals surface area contributed by atoms with Crippen LogP contribution in [0.3, 0.4) is 0 Å². The van der Waals surface area contributed by atoms with Crippen LogP contribution in [0.1, 0.15) is 73.6 Å². The first-order valence-electron chi connectivity index (χ1n) is 24.7. The van der Waals surface area contributed by atoms with Crippen molar-refractivity contribution in [1.82, 2.24) is 19.8 Å². The zero-order valence-corrected chi connectivity index (χ0v) is 43.3. The topological polar surface area (TPSA) is 91.2 Å². The number of fused-ring (bicyclic) bond motifs is 2. The minimum absolute atomic E-state index is 0.0821. The minimum atomic E-state index is -1.43. The van der Waals surface area contributed by atoms with E-state index in [2.05, 4.69) is 39.7 Å². The van der Waals surface area contributed by atoms with Gasteiger partial charge in [0.2, 0.25) is 0 Å². The van der Waals surface area contributed by atoms with Crippen LogP contribution in [-0.2, 0) is 12.8 Å². The number of benzene rings is 4. The molecule has 8 nitrogen and oxygen atoms in total. The Hall–Kier alpha value is -4.58. The smallest absolute Gasteiger partial charge is 0.194 e. The fourth-order valence-corrected chi connectivity index (χ4v) is 12.1. The van der Waals surface area contributed by atoms with Crippen LogP contribution >= 0.6 is 23.5 Å². The Morgan fingerprint density at radius 3 is 1.43 bits per heavy atom. The molecule has 388 valence electrons. The highest BCUT2D eigenvalue weighted by molar-refractivity contribution is 7.99. The second-order valence-corrected chi connectivity index (χ2v) is 21.7. The van der Waals surface area contributed by atoms with Gasteiger partial charge in [-0.15, -0.1) is 23.5 Å².